The van der Waals surface area contributed by atoms with Crippen molar-refractivity contribution in [3.05, 3.63) is 29.8 Å². The maximum atomic E-state index is 12.3. The summed E-state index contributed by atoms with van der Waals surface area (Å²) in [5.41, 5.74) is 0.779. The van der Waals surface area contributed by atoms with Crippen LogP contribution < -0.4 is 10.0 Å². The first kappa shape index (κ1) is 17.1. The second-order valence-electron chi connectivity index (χ2n) is 4.80. The molecule has 0 bridgehead atoms. The summed E-state index contributed by atoms with van der Waals surface area (Å²) in [5.74, 6) is 0.135. The Balaban J connectivity index is 2.81. The summed E-state index contributed by atoms with van der Waals surface area (Å²) < 4.78 is 32.3. The van der Waals surface area contributed by atoms with Crippen molar-refractivity contribution in [2.45, 2.75) is 25.3 Å². The molecular formula is C14H24N2O3S. The molecular weight excluding hydrogens is 276 g/mol. The predicted octanol–water partition coefficient (Wildman–Crippen LogP) is 1.36. The Hall–Kier alpha value is -0.950. The molecule has 0 aliphatic rings. The maximum absolute atomic E-state index is 12.3. The third-order valence-corrected chi connectivity index (χ3v) is 4.42. The summed E-state index contributed by atoms with van der Waals surface area (Å²) in [5, 5.41) is 3.15. The highest BCUT2D eigenvalue weighted by Crippen LogP contribution is 2.15. The van der Waals surface area contributed by atoms with Gasteiger partial charge in [0.15, 0.2) is 0 Å². The molecule has 1 atom stereocenters. The molecule has 0 aromatic heterocycles. The first-order valence-electron chi connectivity index (χ1n) is 6.78. The van der Waals surface area contributed by atoms with Crippen LogP contribution >= 0.6 is 0 Å². The minimum Gasteiger partial charge on any atom is -0.384 e. The van der Waals surface area contributed by atoms with Gasteiger partial charge in [0.25, 0.3) is 0 Å². The molecule has 0 aliphatic carbocycles. The summed E-state index contributed by atoms with van der Waals surface area (Å²) in [4.78, 5) is 0.338. The molecule has 0 radical (unpaired) electrons. The second-order valence-corrected chi connectivity index (χ2v) is 6.54. The Morgan fingerprint density at radius 2 is 2.00 bits per heavy atom. The van der Waals surface area contributed by atoms with Crippen LogP contribution in [0, 0.1) is 5.92 Å². The van der Waals surface area contributed by atoms with Gasteiger partial charge in [-0.3, -0.25) is 0 Å². The van der Waals surface area contributed by atoms with Crippen LogP contribution in [-0.2, 0) is 21.3 Å². The molecule has 1 rings (SSSR count). The Morgan fingerprint density at radius 3 is 2.65 bits per heavy atom. The van der Waals surface area contributed by atoms with Crippen LogP contribution in [0.4, 0.5) is 0 Å². The van der Waals surface area contributed by atoms with Gasteiger partial charge in [-0.2, -0.15) is 0 Å². The zero-order chi connectivity index (χ0) is 15.0. The average molecular weight is 300 g/mol. The fourth-order valence-electron chi connectivity index (χ4n) is 1.84. The van der Waals surface area contributed by atoms with Crippen molar-refractivity contribution in [1.29, 1.82) is 0 Å². The van der Waals surface area contributed by atoms with E-state index in [0.717, 1.165) is 12.1 Å². The minimum atomic E-state index is -3.48. The van der Waals surface area contributed by atoms with Gasteiger partial charge in [-0.05, 0) is 24.1 Å². The van der Waals surface area contributed by atoms with E-state index in [-0.39, 0.29) is 5.92 Å². The van der Waals surface area contributed by atoms with Crippen LogP contribution in [0.15, 0.2) is 29.2 Å². The SMILES string of the molecule is CCNCc1ccccc1S(=O)(=O)NCC(C)COC. The molecule has 0 saturated carbocycles. The monoisotopic (exact) mass is 300 g/mol. The van der Waals surface area contributed by atoms with E-state index in [1.807, 2.05) is 26.0 Å². The molecule has 6 heteroatoms. The van der Waals surface area contributed by atoms with Gasteiger partial charge in [0, 0.05) is 26.8 Å². The molecule has 114 valence electrons. The van der Waals surface area contributed by atoms with Gasteiger partial charge in [-0.15, -0.1) is 0 Å². The molecule has 0 amide bonds. The lowest BCUT2D eigenvalue weighted by Gasteiger charge is -2.14. The number of rotatable bonds is 9. The summed E-state index contributed by atoms with van der Waals surface area (Å²) in [6, 6.07) is 7.05. The summed E-state index contributed by atoms with van der Waals surface area (Å²) in [6.07, 6.45) is 0. The van der Waals surface area contributed by atoms with Crippen LogP contribution in [-0.4, -0.2) is 35.2 Å². The largest absolute Gasteiger partial charge is 0.384 e. The quantitative estimate of drug-likeness (QED) is 0.722. The van der Waals surface area contributed by atoms with Crippen molar-refractivity contribution in [2.75, 3.05) is 26.8 Å². The Kier molecular flexibility index (Phi) is 7.15. The molecule has 2 N–H and O–H groups in total. The normalized spacial score (nSPS) is 13.3. The smallest absolute Gasteiger partial charge is 0.240 e. The molecule has 1 aromatic carbocycles. The molecule has 0 spiro atoms. The number of methoxy groups -OCH3 is 1. The lowest BCUT2D eigenvalue weighted by Crippen LogP contribution is -2.31. The van der Waals surface area contributed by atoms with Crippen LogP contribution in [0.3, 0.4) is 0 Å². The lowest BCUT2D eigenvalue weighted by molar-refractivity contribution is 0.161. The van der Waals surface area contributed by atoms with Gasteiger partial charge in [0.05, 0.1) is 4.90 Å². The van der Waals surface area contributed by atoms with Gasteiger partial charge in [-0.1, -0.05) is 32.0 Å². The fourth-order valence-corrected chi connectivity index (χ4v) is 3.25. The summed E-state index contributed by atoms with van der Waals surface area (Å²) >= 11 is 0. The highest BCUT2D eigenvalue weighted by molar-refractivity contribution is 7.89. The van der Waals surface area contributed by atoms with Crippen LogP contribution in [0.1, 0.15) is 19.4 Å². The lowest BCUT2D eigenvalue weighted by atomic mass is 10.2. The van der Waals surface area contributed by atoms with Gasteiger partial charge in [0.2, 0.25) is 10.0 Å². The average Bonchev–Trinajstić information content (AvgIpc) is 2.44. The Labute approximate surface area is 121 Å². The number of sulfonamides is 1. The third kappa shape index (κ3) is 5.20. The summed E-state index contributed by atoms with van der Waals surface area (Å²) in [6.45, 7) is 6.17. The Morgan fingerprint density at radius 1 is 1.30 bits per heavy atom. The first-order chi connectivity index (χ1) is 9.51. The first-order valence-corrected chi connectivity index (χ1v) is 8.26. The Bertz CT molecular complexity index is 503. The van der Waals surface area contributed by atoms with E-state index in [1.165, 1.54) is 0 Å². The fraction of sp³-hybridized carbons (Fsp3) is 0.571. The highest BCUT2D eigenvalue weighted by Gasteiger charge is 2.18. The molecule has 0 aliphatic heterocycles. The predicted molar refractivity (Wildman–Crippen MR) is 80.1 cm³/mol. The number of hydrogen-bond donors (Lipinski definition) is 2. The van der Waals surface area contributed by atoms with Gasteiger partial charge < -0.3 is 10.1 Å². The van der Waals surface area contributed by atoms with Crippen molar-refractivity contribution >= 4 is 10.0 Å². The van der Waals surface area contributed by atoms with E-state index in [0.29, 0.717) is 24.6 Å². The van der Waals surface area contributed by atoms with E-state index >= 15 is 0 Å². The standard InChI is InChI=1S/C14H24N2O3S/c1-4-15-10-13-7-5-6-8-14(13)20(17,18)16-9-12(2)11-19-3/h5-8,12,15-16H,4,9-11H2,1-3H3. The van der Waals surface area contributed by atoms with E-state index in [9.17, 15) is 8.42 Å². The van der Waals surface area contributed by atoms with E-state index < -0.39 is 10.0 Å². The molecule has 5 nitrogen and oxygen atoms in total. The van der Waals surface area contributed by atoms with Gasteiger partial charge in [-0.25, -0.2) is 13.1 Å². The maximum Gasteiger partial charge on any atom is 0.240 e. The molecule has 0 heterocycles. The number of hydrogen-bond acceptors (Lipinski definition) is 4. The van der Waals surface area contributed by atoms with Gasteiger partial charge >= 0.3 is 0 Å². The molecule has 20 heavy (non-hydrogen) atoms. The number of ether oxygens (including phenoxy) is 1. The molecule has 0 saturated heterocycles. The second kappa shape index (κ2) is 8.36. The van der Waals surface area contributed by atoms with Crippen LogP contribution in [0.5, 0.6) is 0 Å². The third-order valence-electron chi connectivity index (χ3n) is 2.90. The van der Waals surface area contributed by atoms with Crippen LogP contribution in [0.25, 0.3) is 0 Å². The van der Waals surface area contributed by atoms with Crippen LogP contribution in [0.2, 0.25) is 0 Å². The number of nitrogens with one attached hydrogen (secondary N) is 2. The molecule has 1 unspecified atom stereocenters. The summed E-state index contributed by atoms with van der Waals surface area (Å²) in [7, 11) is -1.87. The van der Waals surface area contributed by atoms with Gasteiger partial charge in [0.1, 0.15) is 0 Å². The van der Waals surface area contributed by atoms with Crippen molar-refractivity contribution in [3.63, 3.8) is 0 Å². The zero-order valence-electron chi connectivity index (χ0n) is 12.3. The highest BCUT2D eigenvalue weighted by atomic mass is 32.2. The van der Waals surface area contributed by atoms with Crippen molar-refractivity contribution in [3.8, 4) is 0 Å². The van der Waals surface area contributed by atoms with E-state index in [1.54, 1.807) is 19.2 Å². The molecule has 0 fully saturated rings. The van der Waals surface area contributed by atoms with Crippen molar-refractivity contribution < 1.29 is 13.2 Å². The number of benzene rings is 1. The van der Waals surface area contributed by atoms with Crippen molar-refractivity contribution in [1.82, 2.24) is 10.0 Å². The van der Waals surface area contributed by atoms with E-state index in [4.69, 9.17) is 4.74 Å². The van der Waals surface area contributed by atoms with Crippen molar-refractivity contribution in [2.24, 2.45) is 5.92 Å². The van der Waals surface area contributed by atoms with E-state index in [2.05, 4.69) is 10.0 Å². The zero-order valence-corrected chi connectivity index (χ0v) is 13.2. The topological polar surface area (TPSA) is 67.4 Å². The minimum absolute atomic E-state index is 0.135. The molecule has 1 aromatic rings.